The van der Waals surface area contributed by atoms with Crippen LogP contribution in [0.1, 0.15) is 27.2 Å². The lowest BCUT2D eigenvalue weighted by Crippen LogP contribution is -2.38. The molecule has 0 radical (unpaired) electrons. The third-order valence-electron chi connectivity index (χ3n) is 3.34. The monoisotopic (exact) mass is 287 g/mol. The second kappa shape index (κ2) is 8.27. The molecule has 0 spiro atoms. The van der Waals surface area contributed by atoms with Crippen LogP contribution in [0.3, 0.4) is 0 Å². The Morgan fingerprint density at radius 3 is 2.33 bits per heavy atom. The minimum atomic E-state index is -4.12. The Morgan fingerprint density at radius 2 is 1.89 bits per heavy atom. The maximum Gasteiger partial charge on any atom is 0.441 e. The number of methoxy groups -OCH3 is 1. The van der Waals surface area contributed by atoms with Crippen molar-refractivity contribution in [3.63, 3.8) is 0 Å². The predicted octanol–water partition coefficient (Wildman–Crippen LogP) is 3.53. The number of hydrogen-bond donors (Lipinski definition) is 1. The lowest BCUT2D eigenvalue weighted by atomic mass is 9.77. The number of rotatable bonds is 9. The number of ether oxygens (including phenoxy) is 1. The van der Waals surface area contributed by atoms with Gasteiger partial charge in [0.2, 0.25) is 0 Å². The summed E-state index contributed by atoms with van der Waals surface area (Å²) >= 11 is 0.0691. The first-order valence-electron chi connectivity index (χ1n) is 6.11. The maximum absolute atomic E-state index is 12.1. The van der Waals surface area contributed by atoms with Gasteiger partial charge in [0.15, 0.2) is 0 Å². The fraction of sp³-hybridized carbons (Fsp3) is 1.00. The molecule has 0 aromatic carbocycles. The average Bonchev–Trinajstić information content (AvgIpc) is 2.22. The Labute approximate surface area is 112 Å². The molecule has 0 aromatic heterocycles. The highest BCUT2D eigenvalue weighted by atomic mass is 32.2. The van der Waals surface area contributed by atoms with Crippen molar-refractivity contribution in [1.29, 1.82) is 0 Å². The van der Waals surface area contributed by atoms with Crippen LogP contribution in [0, 0.1) is 11.3 Å². The largest absolute Gasteiger partial charge is 0.441 e. The van der Waals surface area contributed by atoms with Crippen molar-refractivity contribution < 1.29 is 17.9 Å². The predicted molar refractivity (Wildman–Crippen MR) is 70.8 cm³/mol. The van der Waals surface area contributed by atoms with E-state index < -0.39 is 5.51 Å². The highest BCUT2D eigenvalue weighted by Crippen LogP contribution is 2.36. The Kier molecular flexibility index (Phi) is 8.30. The normalized spacial score (nSPS) is 16.0. The van der Waals surface area contributed by atoms with E-state index >= 15 is 0 Å². The van der Waals surface area contributed by atoms with Crippen molar-refractivity contribution in [2.75, 3.05) is 32.6 Å². The SMILES string of the molecule is COCCNCC(C)(CCSC(F)(F)F)C(C)C. The van der Waals surface area contributed by atoms with Crippen LogP contribution in [0.5, 0.6) is 0 Å². The summed E-state index contributed by atoms with van der Waals surface area (Å²) in [6.07, 6.45) is 0.550. The van der Waals surface area contributed by atoms with Gasteiger partial charge in [-0.05, 0) is 17.8 Å². The molecule has 0 aromatic rings. The Hall–Kier alpha value is 0.0600. The van der Waals surface area contributed by atoms with Gasteiger partial charge in [-0.2, -0.15) is 13.2 Å². The van der Waals surface area contributed by atoms with E-state index in [1.807, 2.05) is 6.92 Å². The van der Waals surface area contributed by atoms with Crippen molar-refractivity contribution in [2.24, 2.45) is 11.3 Å². The topological polar surface area (TPSA) is 21.3 Å². The molecule has 0 rings (SSSR count). The van der Waals surface area contributed by atoms with Crippen molar-refractivity contribution in [2.45, 2.75) is 32.7 Å². The molecule has 0 bridgehead atoms. The molecule has 1 N–H and O–H groups in total. The van der Waals surface area contributed by atoms with Gasteiger partial charge >= 0.3 is 5.51 Å². The molecule has 1 unspecified atom stereocenters. The number of hydrogen-bond acceptors (Lipinski definition) is 3. The molecule has 0 heterocycles. The molecule has 0 aliphatic carbocycles. The molecular weight excluding hydrogens is 263 g/mol. The van der Waals surface area contributed by atoms with E-state index in [0.29, 0.717) is 25.5 Å². The van der Waals surface area contributed by atoms with Crippen molar-refractivity contribution >= 4 is 11.8 Å². The van der Waals surface area contributed by atoms with Crippen molar-refractivity contribution in [3.8, 4) is 0 Å². The van der Waals surface area contributed by atoms with Crippen LogP contribution in [0.4, 0.5) is 13.2 Å². The Bertz CT molecular complexity index is 224. The maximum atomic E-state index is 12.1. The zero-order valence-electron chi connectivity index (χ0n) is 11.6. The molecule has 0 saturated carbocycles. The van der Waals surface area contributed by atoms with Gasteiger partial charge in [0.05, 0.1) is 6.61 Å². The van der Waals surface area contributed by atoms with Crippen LogP contribution in [0.25, 0.3) is 0 Å². The van der Waals surface area contributed by atoms with Crippen LogP contribution in [-0.2, 0) is 4.74 Å². The fourth-order valence-corrected chi connectivity index (χ4v) is 2.33. The summed E-state index contributed by atoms with van der Waals surface area (Å²) in [7, 11) is 1.63. The summed E-state index contributed by atoms with van der Waals surface area (Å²) in [4.78, 5) is 0. The summed E-state index contributed by atoms with van der Waals surface area (Å²) in [6, 6.07) is 0. The molecule has 110 valence electrons. The quantitative estimate of drug-likeness (QED) is 0.656. The lowest BCUT2D eigenvalue weighted by Gasteiger charge is -2.34. The third kappa shape index (κ3) is 8.21. The highest BCUT2D eigenvalue weighted by molar-refractivity contribution is 8.00. The van der Waals surface area contributed by atoms with E-state index in [9.17, 15) is 13.2 Å². The van der Waals surface area contributed by atoms with Gasteiger partial charge in [-0.3, -0.25) is 0 Å². The van der Waals surface area contributed by atoms with Gasteiger partial charge < -0.3 is 10.1 Å². The smallest absolute Gasteiger partial charge is 0.383 e. The molecule has 0 aliphatic heterocycles. The van der Waals surface area contributed by atoms with Gasteiger partial charge in [-0.1, -0.05) is 32.5 Å². The second-order valence-corrected chi connectivity index (χ2v) is 6.18. The number of thioether (sulfide) groups is 1. The van der Waals surface area contributed by atoms with Crippen LogP contribution in [-0.4, -0.2) is 38.1 Å². The summed E-state index contributed by atoms with van der Waals surface area (Å²) in [5, 5.41) is 3.24. The number of nitrogens with one attached hydrogen (secondary N) is 1. The molecule has 18 heavy (non-hydrogen) atoms. The van der Waals surface area contributed by atoms with Crippen molar-refractivity contribution in [3.05, 3.63) is 0 Å². The molecule has 0 saturated heterocycles. The van der Waals surface area contributed by atoms with E-state index in [1.165, 1.54) is 0 Å². The molecule has 1 atom stereocenters. The van der Waals surface area contributed by atoms with Crippen LogP contribution >= 0.6 is 11.8 Å². The average molecular weight is 287 g/mol. The summed E-state index contributed by atoms with van der Waals surface area (Å²) in [6.45, 7) is 8.20. The minimum absolute atomic E-state index is 0.0691. The zero-order valence-corrected chi connectivity index (χ0v) is 12.4. The first-order chi connectivity index (χ1) is 8.21. The number of halogens is 3. The fourth-order valence-electron chi connectivity index (χ4n) is 1.53. The zero-order chi connectivity index (χ0) is 14.2. The van der Waals surface area contributed by atoms with E-state index in [0.717, 1.165) is 6.54 Å². The van der Waals surface area contributed by atoms with Crippen LogP contribution in [0.15, 0.2) is 0 Å². The van der Waals surface area contributed by atoms with Gasteiger partial charge in [0.1, 0.15) is 0 Å². The number of alkyl halides is 3. The Balaban J connectivity index is 4.09. The van der Waals surface area contributed by atoms with Crippen LogP contribution in [0.2, 0.25) is 0 Å². The molecule has 0 amide bonds. The molecule has 0 aliphatic rings. The van der Waals surface area contributed by atoms with E-state index in [1.54, 1.807) is 7.11 Å². The van der Waals surface area contributed by atoms with Gasteiger partial charge in [-0.25, -0.2) is 0 Å². The molecular formula is C12H24F3NOS. The van der Waals surface area contributed by atoms with Gasteiger partial charge in [-0.15, -0.1) is 0 Å². The van der Waals surface area contributed by atoms with Crippen molar-refractivity contribution in [1.82, 2.24) is 5.32 Å². The third-order valence-corrected chi connectivity index (χ3v) is 4.08. The highest BCUT2D eigenvalue weighted by Gasteiger charge is 2.32. The minimum Gasteiger partial charge on any atom is -0.383 e. The summed E-state index contributed by atoms with van der Waals surface area (Å²) in [5.74, 6) is 0.450. The summed E-state index contributed by atoms with van der Waals surface area (Å²) < 4.78 is 41.3. The molecule has 0 fully saturated rings. The van der Waals surface area contributed by atoms with E-state index in [4.69, 9.17) is 4.74 Å². The first kappa shape index (κ1) is 18.1. The lowest BCUT2D eigenvalue weighted by molar-refractivity contribution is -0.0329. The van der Waals surface area contributed by atoms with Gasteiger partial charge in [0, 0.05) is 26.0 Å². The Morgan fingerprint density at radius 1 is 1.28 bits per heavy atom. The standard InChI is InChI=1S/C12H24F3NOS/c1-10(2)11(3,9-16-6-7-17-4)5-8-18-12(13,14)15/h10,16H,5-9H2,1-4H3. The first-order valence-corrected chi connectivity index (χ1v) is 7.10. The van der Waals surface area contributed by atoms with E-state index in [-0.39, 0.29) is 22.9 Å². The summed E-state index contributed by atoms with van der Waals surface area (Å²) in [5.41, 5.74) is -4.24. The van der Waals surface area contributed by atoms with Gasteiger partial charge in [0.25, 0.3) is 0 Å². The van der Waals surface area contributed by atoms with Crippen LogP contribution < -0.4 is 5.32 Å². The molecule has 6 heteroatoms. The molecule has 2 nitrogen and oxygen atoms in total. The van der Waals surface area contributed by atoms with E-state index in [2.05, 4.69) is 19.2 Å². The second-order valence-electron chi connectivity index (χ2n) is 5.02.